The number of benzene rings is 1. The van der Waals surface area contributed by atoms with Crippen LogP contribution in [0.3, 0.4) is 0 Å². The van der Waals surface area contributed by atoms with Gasteiger partial charge in [0.15, 0.2) is 0 Å². The van der Waals surface area contributed by atoms with Crippen molar-refractivity contribution >= 4 is 30.4 Å². The van der Waals surface area contributed by atoms with Gasteiger partial charge in [0.05, 0.1) is 5.25 Å². The van der Waals surface area contributed by atoms with Gasteiger partial charge in [0.1, 0.15) is 12.6 Å². The number of thiol groups is 1. The standard InChI is InChI=1S/C17H20N2O4S/c20-15(21)11-19-9-5-4-8-13(17(19)23)18-16(22)14(24)10-12-6-2-1-3-7-12/h1-3,5-7,9,13-14,24H,4,8,10-11H2,(H,18,22)(H,20,21)/t13-,14+/m0/s1. The monoisotopic (exact) mass is 348 g/mol. The Labute approximate surface area is 145 Å². The van der Waals surface area contributed by atoms with Gasteiger partial charge in [-0.1, -0.05) is 36.4 Å². The first-order valence-electron chi connectivity index (χ1n) is 7.68. The quantitative estimate of drug-likeness (QED) is 0.675. The summed E-state index contributed by atoms with van der Waals surface area (Å²) < 4.78 is 0. The molecule has 1 aromatic carbocycles. The number of carboxylic acids is 1. The highest BCUT2D eigenvalue weighted by molar-refractivity contribution is 7.81. The van der Waals surface area contributed by atoms with E-state index in [0.29, 0.717) is 19.3 Å². The number of allylic oxidation sites excluding steroid dienone is 1. The molecule has 128 valence electrons. The minimum Gasteiger partial charge on any atom is -0.480 e. The zero-order valence-electron chi connectivity index (χ0n) is 13.1. The average molecular weight is 348 g/mol. The normalized spacial score (nSPS) is 18.8. The number of carbonyl (C=O) groups is 3. The Morgan fingerprint density at radius 1 is 1.33 bits per heavy atom. The third kappa shape index (κ3) is 5.13. The molecule has 0 fully saturated rings. The van der Waals surface area contributed by atoms with Crippen molar-refractivity contribution in [2.45, 2.75) is 30.6 Å². The van der Waals surface area contributed by atoms with Gasteiger partial charge in [0.25, 0.3) is 0 Å². The van der Waals surface area contributed by atoms with Crippen molar-refractivity contribution < 1.29 is 19.5 Å². The van der Waals surface area contributed by atoms with E-state index in [1.165, 1.54) is 6.20 Å². The second kappa shape index (κ2) is 8.54. The van der Waals surface area contributed by atoms with Crippen molar-refractivity contribution in [3.63, 3.8) is 0 Å². The molecule has 0 bridgehead atoms. The number of hydrogen-bond donors (Lipinski definition) is 3. The molecule has 0 aromatic heterocycles. The first kappa shape index (κ1) is 18.1. The largest absolute Gasteiger partial charge is 0.480 e. The molecule has 2 N–H and O–H groups in total. The fourth-order valence-corrected chi connectivity index (χ4v) is 2.76. The van der Waals surface area contributed by atoms with Crippen molar-refractivity contribution in [3.8, 4) is 0 Å². The van der Waals surface area contributed by atoms with Crippen LogP contribution in [0.1, 0.15) is 18.4 Å². The molecule has 2 rings (SSSR count). The summed E-state index contributed by atoms with van der Waals surface area (Å²) in [5.74, 6) is -1.85. The zero-order valence-corrected chi connectivity index (χ0v) is 14.0. The molecule has 0 radical (unpaired) electrons. The fourth-order valence-electron chi connectivity index (χ4n) is 2.47. The summed E-state index contributed by atoms with van der Waals surface area (Å²) in [6, 6.07) is 8.75. The van der Waals surface area contributed by atoms with Gasteiger partial charge >= 0.3 is 5.97 Å². The third-order valence-corrected chi connectivity index (χ3v) is 4.10. The van der Waals surface area contributed by atoms with E-state index in [1.54, 1.807) is 6.08 Å². The fraction of sp³-hybridized carbons (Fsp3) is 0.353. The van der Waals surface area contributed by atoms with Crippen LogP contribution in [0, 0.1) is 0 Å². The number of hydrogen-bond acceptors (Lipinski definition) is 4. The predicted molar refractivity (Wildman–Crippen MR) is 92.6 cm³/mol. The molecule has 0 aliphatic carbocycles. The van der Waals surface area contributed by atoms with Crippen molar-refractivity contribution in [1.29, 1.82) is 0 Å². The Bertz CT molecular complexity index is 633. The highest BCUT2D eigenvalue weighted by Gasteiger charge is 2.28. The molecule has 0 unspecified atom stereocenters. The number of aliphatic carboxylic acids is 1. The third-order valence-electron chi connectivity index (χ3n) is 3.69. The van der Waals surface area contributed by atoms with Crippen LogP contribution in [0.2, 0.25) is 0 Å². The lowest BCUT2D eigenvalue weighted by molar-refractivity contribution is -0.143. The SMILES string of the molecule is O=C(O)CN1C=CCC[C@H](NC(=O)[C@H](S)Cc2ccccc2)C1=O. The summed E-state index contributed by atoms with van der Waals surface area (Å²) >= 11 is 4.32. The highest BCUT2D eigenvalue weighted by Crippen LogP contribution is 2.12. The maximum absolute atomic E-state index is 12.4. The number of nitrogens with one attached hydrogen (secondary N) is 1. The van der Waals surface area contributed by atoms with Gasteiger partial charge in [0, 0.05) is 6.20 Å². The van der Waals surface area contributed by atoms with E-state index in [4.69, 9.17) is 5.11 Å². The number of carboxylic acid groups (broad SMARTS) is 1. The van der Waals surface area contributed by atoms with Crippen molar-refractivity contribution in [1.82, 2.24) is 10.2 Å². The number of amides is 2. The van der Waals surface area contributed by atoms with Gasteiger partial charge in [-0.25, -0.2) is 0 Å². The first-order chi connectivity index (χ1) is 11.5. The molecule has 2 atom stereocenters. The maximum Gasteiger partial charge on any atom is 0.323 e. The Morgan fingerprint density at radius 2 is 2.04 bits per heavy atom. The number of rotatable bonds is 6. The van der Waals surface area contributed by atoms with Crippen LogP contribution in [-0.4, -0.2) is 45.6 Å². The smallest absolute Gasteiger partial charge is 0.323 e. The number of carbonyl (C=O) groups excluding carboxylic acids is 2. The Hall–Kier alpha value is -2.28. The minimum absolute atomic E-state index is 0.335. The lowest BCUT2D eigenvalue weighted by Gasteiger charge is -2.23. The summed E-state index contributed by atoms with van der Waals surface area (Å²) in [6.45, 7) is -0.421. The van der Waals surface area contributed by atoms with Gasteiger partial charge in [-0.3, -0.25) is 14.4 Å². The molecule has 1 heterocycles. The molecule has 0 spiro atoms. The minimum atomic E-state index is -1.10. The summed E-state index contributed by atoms with van der Waals surface area (Å²) in [7, 11) is 0. The van der Waals surface area contributed by atoms with E-state index in [2.05, 4.69) is 17.9 Å². The van der Waals surface area contributed by atoms with Gasteiger partial charge in [-0.15, -0.1) is 0 Å². The van der Waals surface area contributed by atoms with E-state index >= 15 is 0 Å². The molecule has 0 saturated carbocycles. The Morgan fingerprint density at radius 3 is 2.71 bits per heavy atom. The van der Waals surface area contributed by atoms with Crippen molar-refractivity contribution in [3.05, 3.63) is 48.2 Å². The van der Waals surface area contributed by atoms with Crippen molar-refractivity contribution in [2.75, 3.05) is 6.54 Å². The van der Waals surface area contributed by atoms with E-state index in [0.717, 1.165) is 10.5 Å². The van der Waals surface area contributed by atoms with Gasteiger partial charge in [-0.05, 0) is 24.8 Å². The van der Waals surface area contributed by atoms with Crippen LogP contribution < -0.4 is 5.32 Å². The van der Waals surface area contributed by atoms with Crippen LogP contribution in [0.5, 0.6) is 0 Å². The molecule has 7 heteroatoms. The molecule has 24 heavy (non-hydrogen) atoms. The van der Waals surface area contributed by atoms with E-state index in [9.17, 15) is 14.4 Å². The van der Waals surface area contributed by atoms with Gasteiger partial charge < -0.3 is 15.3 Å². The van der Waals surface area contributed by atoms with Crippen LogP contribution in [-0.2, 0) is 20.8 Å². The molecule has 6 nitrogen and oxygen atoms in total. The van der Waals surface area contributed by atoms with E-state index < -0.39 is 29.7 Å². The summed E-state index contributed by atoms with van der Waals surface area (Å²) in [5.41, 5.74) is 0.981. The summed E-state index contributed by atoms with van der Waals surface area (Å²) in [4.78, 5) is 36.6. The van der Waals surface area contributed by atoms with Crippen LogP contribution in [0.4, 0.5) is 0 Å². The van der Waals surface area contributed by atoms with Crippen LogP contribution >= 0.6 is 12.6 Å². The van der Waals surface area contributed by atoms with Crippen LogP contribution in [0.15, 0.2) is 42.6 Å². The summed E-state index contributed by atoms with van der Waals surface area (Å²) in [5, 5.41) is 11.0. The predicted octanol–water partition coefficient (Wildman–Crippen LogP) is 1.23. The molecule has 1 aliphatic rings. The van der Waals surface area contributed by atoms with Gasteiger partial charge in [0.2, 0.25) is 11.8 Å². The molecule has 1 aliphatic heterocycles. The molecule has 1 aromatic rings. The zero-order chi connectivity index (χ0) is 17.5. The lowest BCUT2D eigenvalue weighted by atomic mass is 10.1. The molecular weight excluding hydrogens is 328 g/mol. The second-order valence-corrected chi connectivity index (χ2v) is 6.21. The van der Waals surface area contributed by atoms with E-state index in [1.807, 2.05) is 30.3 Å². The second-order valence-electron chi connectivity index (χ2n) is 5.59. The number of nitrogens with zero attached hydrogens (tertiary/aromatic N) is 1. The molecular formula is C17H20N2O4S. The van der Waals surface area contributed by atoms with Gasteiger partial charge in [-0.2, -0.15) is 12.6 Å². The average Bonchev–Trinajstić information content (AvgIpc) is 2.71. The first-order valence-corrected chi connectivity index (χ1v) is 8.20. The van der Waals surface area contributed by atoms with Crippen molar-refractivity contribution in [2.24, 2.45) is 0 Å². The molecule has 2 amide bonds. The highest BCUT2D eigenvalue weighted by atomic mass is 32.1. The van der Waals surface area contributed by atoms with E-state index in [-0.39, 0.29) is 5.91 Å². The maximum atomic E-state index is 12.4. The molecule has 0 saturated heterocycles. The Kier molecular flexibility index (Phi) is 6.43. The summed E-state index contributed by atoms with van der Waals surface area (Å²) in [6.07, 6.45) is 4.67. The lowest BCUT2D eigenvalue weighted by Crippen LogP contribution is -2.49. The Balaban J connectivity index is 1.96. The van der Waals surface area contributed by atoms with Crippen LogP contribution in [0.25, 0.3) is 0 Å². The topological polar surface area (TPSA) is 86.7 Å².